The lowest BCUT2D eigenvalue weighted by atomic mass is 10.1. The van der Waals surface area contributed by atoms with Crippen LogP contribution in [0.1, 0.15) is 22.8 Å². The molecule has 1 N–H and O–H groups in total. The lowest BCUT2D eigenvalue weighted by molar-refractivity contribution is 0.0781. The third-order valence-corrected chi connectivity index (χ3v) is 2.74. The number of para-hydroxylation sites is 1. The molecule has 100 valence electrons. The summed E-state index contributed by atoms with van der Waals surface area (Å²) in [5, 5.41) is 6.60. The minimum Gasteiger partial charge on any atom is -0.493 e. The quantitative estimate of drug-likeness (QED) is 0.894. The maximum absolute atomic E-state index is 12.4. The normalized spacial score (nSPS) is 10.2. The van der Waals surface area contributed by atoms with E-state index in [-0.39, 0.29) is 5.91 Å². The molecular formula is C14H17N3O2. The van der Waals surface area contributed by atoms with Gasteiger partial charge in [-0.05, 0) is 19.1 Å². The minimum absolute atomic E-state index is 0.0646. The average molecular weight is 259 g/mol. The first kappa shape index (κ1) is 13.1. The van der Waals surface area contributed by atoms with E-state index >= 15 is 0 Å². The van der Waals surface area contributed by atoms with Crippen LogP contribution in [0.3, 0.4) is 0 Å². The summed E-state index contributed by atoms with van der Waals surface area (Å²) in [5.74, 6) is 0.555. The van der Waals surface area contributed by atoms with E-state index in [0.717, 1.165) is 5.56 Å². The van der Waals surface area contributed by atoms with Crippen LogP contribution in [-0.2, 0) is 6.54 Å². The summed E-state index contributed by atoms with van der Waals surface area (Å²) in [6.07, 6.45) is 3.48. The highest BCUT2D eigenvalue weighted by Crippen LogP contribution is 2.20. The molecule has 0 aliphatic carbocycles. The maximum Gasteiger partial charge on any atom is 0.257 e. The first-order valence-corrected chi connectivity index (χ1v) is 6.17. The van der Waals surface area contributed by atoms with Gasteiger partial charge in [-0.3, -0.25) is 9.89 Å². The summed E-state index contributed by atoms with van der Waals surface area (Å²) in [6.45, 7) is 2.95. The number of nitrogens with zero attached hydrogens (tertiary/aromatic N) is 2. The molecule has 0 saturated carbocycles. The molecule has 1 amide bonds. The molecule has 19 heavy (non-hydrogen) atoms. The summed E-state index contributed by atoms with van der Waals surface area (Å²) in [6, 6.07) is 7.28. The number of aromatic amines is 1. The predicted molar refractivity (Wildman–Crippen MR) is 72.0 cm³/mol. The Bertz CT molecular complexity index is 537. The minimum atomic E-state index is -0.0646. The Morgan fingerprint density at radius 2 is 2.21 bits per heavy atom. The number of benzene rings is 1. The predicted octanol–water partition coefficient (Wildman–Crippen LogP) is 2.08. The van der Waals surface area contributed by atoms with Crippen LogP contribution in [0.5, 0.6) is 5.75 Å². The standard InChI is InChI=1S/C14H17N3O2/c1-3-19-13-7-5-4-6-12(13)14(18)17(2)10-11-8-15-16-9-11/h4-9H,3,10H2,1-2H3,(H,15,16). The number of aromatic nitrogens is 2. The van der Waals surface area contributed by atoms with Crippen molar-refractivity contribution in [1.29, 1.82) is 0 Å². The van der Waals surface area contributed by atoms with Gasteiger partial charge in [0.2, 0.25) is 0 Å². The fourth-order valence-electron chi connectivity index (χ4n) is 1.84. The van der Waals surface area contributed by atoms with Gasteiger partial charge in [-0.1, -0.05) is 12.1 Å². The third-order valence-electron chi connectivity index (χ3n) is 2.74. The molecule has 1 aromatic heterocycles. The summed E-state index contributed by atoms with van der Waals surface area (Å²) in [5.41, 5.74) is 1.54. The van der Waals surface area contributed by atoms with Crippen molar-refractivity contribution < 1.29 is 9.53 Å². The molecule has 0 saturated heterocycles. The van der Waals surface area contributed by atoms with Crippen LogP contribution in [0.2, 0.25) is 0 Å². The fourth-order valence-corrected chi connectivity index (χ4v) is 1.84. The van der Waals surface area contributed by atoms with Crippen molar-refractivity contribution in [3.05, 3.63) is 47.8 Å². The zero-order chi connectivity index (χ0) is 13.7. The van der Waals surface area contributed by atoms with Crippen LogP contribution in [0.25, 0.3) is 0 Å². The Labute approximate surface area is 112 Å². The van der Waals surface area contributed by atoms with Crippen molar-refractivity contribution in [3.63, 3.8) is 0 Å². The van der Waals surface area contributed by atoms with Gasteiger partial charge in [-0.25, -0.2) is 0 Å². The second-order valence-electron chi connectivity index (χ2n) is 4.20. The van der Waals surface area contributed by atoms with E-state index in [0.29, 0.717) is 24.5 Å². The molecule has 0 fully saturated rings. The van der Waals surface area contributed by atoms with E-state index in [1.54, 1.807) is 30.4 Å². The number of hydrogen-bond donors (Lipinski definition) is 1. The fraction of sp³-hybridized carbons (Fsp3) is 0.286. The van der Waals surface area contributed by atoms with Crippen molar-refractivity contribution in [1.82, 2.24) is 15.1 Å². The molecule has 0 radical (unpaired) electrons. The van der Waals surface area contributed by atoms with Crippen molar-refractivity contribution in [3.8, 4) is 5.75 Å². The SMILES string of the molecule is CCOc1ccccc1C(=O)N(C)Cc1cn[nH]c1. The topological polar surface area (TPSA) is 58.2 Å². The van der Waals surface area contributed by atoms with Gasteiger partial charge in [0.05, 0.1) is 18.4 Å². The van der Waals surface area contributed by atoms with E-state index in [2.05, 4.69) is 10.2 Å². The van der Waals surface area contributed by atoms with Gasteiger partial charge in [0.15, 0.2) is 0 Å². The zero-order valence-corrected chi connectivity index (χ0v) is 11.1. The molecule has 0 atom stereocenters. The van der Waals surface area contributed by atoms with E-state index < -0.39 is 0 Å². The lowest BCUT2D eigenvalue weighted by Crippen LogP contribution is -2.26. The highest BCUT2D eigenvalue weighted by molar-refractivity contribution is 5.96. The number of ether oxygens (including phenoxy) is 1. The van der Waals surface area contributed by atoms with E-state index in [1.165, 1.54) is 0 Å². The number of nitrogens with one attached hydrogen (secondary N) is 1. The Morgan fingerprint density at radius 3 is 2.89 bits per heavy atom. The van der Waals surface area contributed by atoms with Gasteiger partial charge < -0.3 is 9.64 Å². The number of amides is 1. The molecule has 1 heterocycles. The van der Waals surface area contributed by atoms with Crippen molar-refractivity contribution in [2.75, 3.05) is 13.7 Å². The number of hydrogen-bond acceptors (Lipinski definition) is 3. The average Bonchev–Trinajstić information content (AvgIpc) is 2.92. The van der Waals surface area contributed by atoms with Crippen LogP contribution in [0.4, 0.5) is 0 Å². The molecule has 0 aliphatic heterocycles. The number of H-pyrrole nitrogens is 1. The van der Waals surface area contributed by atoms with Crippen LogP contribution in [-0.4, -0.2) is 34.7 Å². The summed E-state index contributed by atoms with van der Waals surface area (Å²) in [7, 11) is 1.76. The van der Waals surface area contributed by atoms with Crippen molar-refractivity contribution in [2.45, 2.75) is 13.5 Å². The molecular weight excluding hydrogens is 242 g/mol. The van der Waals surface area contributed by atoms with Crippen molar-refractivity contribution >= 4 is 5.91 Å². The van der Waals surface area contributed by atoms with Gasteiger partial charge in [0, 0.05) is 25.4 Å². The van der Waals surface area contributed by atoms with E-state index in [4.69, 9.17) is 4.74 Å². The molecule has 1 aromatic carbocycles. The second kappa shape index (κ2) is 6.04. The number of rotatable bonds is 5. The Balaban J connectivity index is 2.14. The highest BCUT2D eigenvalue weighted by atomic mass is 16.5. The van der Waals surface area contributed by atoms with Crippen LogP contribution in [0.15, 0.2) is 36.7 Å². The van der Waals surface area contributed by atoms with Crippen molar-refractivity contribution in [2.24, 2.45) is 0 Å². The summed E-state index contributed by atoms with van der Waals surface area (Å²) < 4.78 is 5.48. The van der Waals surface area contributed by atoms with Gasteiger partial charge in [0.25, 0.3) is 5.91 Å². The first-order valence-electron chi connectivity index (χ1n) is 6.17. The molecule has 2 aromatic rings. The van der Waals surface area contributed by atoms with Gasteiger partial charge in [0.1, 0.15) is 5.75 Å². The highest BCUT2D eigenvalue weighted by Gasteiger charge is 2.16. The van der Waals surface area contributed by atoms with Gasteiger partial charge in [-0.2, -0.15) is 5.10 Å². The molecule has 5 nitrogen and oxygen atoms in total. The largest absolute Gasteiger partial charge is 0.493 e. The zero-order valence-electron chi connectivity index (χ0n) is 11.1. The van der Waals surface area contributed by atoms with Crippen LogP contribution >= 0.6 is 0 Å². The first-order chi connectivity index (χ1) is 9.22. The van der Waals surface area contributed by atoms with Crippen LogP contribution in [0, 0.1) is 0 Å². The Hall–Kier alpha value is -2.30. The van der Waals surface area contributed by atoms with E-state index in [1.807, 2.05) is 25.1 Å². The Kier molecular flexibility index (Phi) is 4.18. The Morgan fingerprint density at radius 1 is 1.42 bits per heavy atom. The van der Waals surface area contributed by atoms with Gasteiger partial charge >= 0.3 is 0 Å². The molecule has 0 spiro atoms. The number of carbonyl (C=O) groups is 1. The van der Waals surface area contributed by atoms with Crippen LogP contribution < -0.4 is 4.74 Å². The molecule has 0 unspecified atom stereocenters. The molecule has 5 heteroatoms. The summed E-state index contributed by atoms with van der Waals surface area (Å²) >= 11 is 0. The second-order valence-corrected chi connectivity index (χ2v) is 4.20. The molecule has 0 bridgehead atoms. The summed E-state index contributed by atoms with van der Waals surface area (Å²) in [4.78, 5) is 14.0. The number of carbonyl (C=O) groups excluding carboxylic acids is 1. The van der Waals surface area contributed by atoms with E-state index in [9.17, 15) is 4.79 Å². The smallest absolute Gasteiger partial charge is 0.257 e. The maximum atomic E-state index is 12.4. The van der Waals surface area contributed by atoms with Gasteiger partial charge in [-0.15, -0.1) is 0 Å². The monoisotopic (exact) mass is 259 g/mol. The lowest BCUT2D eigenvalue weighted by Gasteiger charge is -2.18. The third kappa shape index (κ3) is 3.13. The molecule has 0 aliphatic rings. The molecule has 2 rings (SSSR count).